The molecule has 30 heavy (non-hydrogen) atoms. The van der Waals surface area contributed by atoms with Crippen LogP contribution in [0.25, 0.3) is 0 Å². The van der Waals surface area contributed by atoms with E-state index in [4.69, 9.17) is 0 Å². The molecule has 154 valence electrons. The summed E-state index contributed by atoms with van der Waals surface area (Å²) < 4.78 is 0. The van der Waals surface area contributed by atoms with Crippen LogP contribution in [0.1, 0.15) is 37.7 Å². The molecule has 0 spiro atoms. The van der Waals surface area contributed by atoms with Crippen LogP contribution in [0.3, 0.4) is 0 Å². The SMILES string of the molecule is O=C1CCCCN1Cc1cccc(NC(=O)C23CCC(=O)N2c2ccccc2S3)c1. The number of rotatable bonds is 4. The van der Waals surface area contributed by atoms with E-state index in [9.17, 15) is 14.4 Å². The zero-order valence-corrected chi connectivity index (χ0v) is 17.4. The van der Waals surface area contributed by atoms with Gasteiger partial charge in [-0.15, -0.1) is 0 Å². The Balaban J connectivity index is 1.36. The predicted octanol–water partition coefficient (Wildman–Crippen LogP) is 3.77. The molecular formula is C23H23N3O3S. The van der Waals surface area contributed by atoms with Gasteiger partial charge in [0.25, 0.3) is 5.91 Å². The van der Waals surface area contributed by atoms with Crippen molar-refractivity contribution in [3.63, 3.8) is 0 Å². The molecule has 0 aromatic heterocycles. The van der Waals surface area contributed by atoms with Crippen LogP contribution in [0.5, 0.6) is 0 Å². The molecule has 3 aliphatic heterocycles. The van der Waals surface area contributed by atoms with Gasteiger partial charge >= 0.3 is 0 Å². The fourth-order valence-electron chi connectivity index (χ4n) is 4.52. The third kappa shape index (κ3) is 3.17. The molecular weight excluding hydrogens is 398 g/mol. The number of likely N-dealkylation sites (tertiary alicyclic amines) is 1. The second-order valence-corrected chi connectivity index (χ2v) is 9.33. The Morgan fingerprint density at radius 1 is 1.03 bits per heavy atom. The molecule has 0 aliphatic carbocycles. The molecule has 2 aromatic rings. The highest BCUT2D eigenvalue weighted by molar-refractivity contribution is 8.02. The predicted molar refractivity (Wildman–Crippen MR) is 116 cm³/mol. The van der Waals surface area contributed by atoms with E-state index in [1.165, 1.54) is 11.8 Å². The first kappa shape index (κ1) is 19.2. The lowest BCUT2D eigenvalue weighted by Gasteiger charge is -2.30. The van der Waals surface area contributed by atoms with Crippen molar-refractivity contribution in [2.75, 3.05) is 16.8 Å². The van der Waals surface area contributed by atoms with Crippen molar-refractivity contribution in [1.29, 1.82) is 0 Å². The molecule has 0 saturated carbocycles. The van der Waals surface area contributed by atoms with E-state index in [0.717, 1.165) is 35.5 Å². The van der Waals surface area contributed by atoms with E-state index in [1.54, 1.807) is 4.90 Å². The number of hydrogen-bond donors (Lipinski definition) is 1. The Kier molecular flexibility index (Phi) is 4.77. The number of benzene rings is 2. The summed E-state index contributed by atoms with van der Waals surface area (Å²) in [5.41, 5.74) is 2.49. The fraction of sp³-hybridized carbons (Fsp3) is 0.348. The number of nitrogens with zero attached hydrogens (tertiary/aromatic N) is 2. The standard InChI is InChI=1S/C23H23N3O3S/c27-20-10-3-4-13-25(20)15-16-6-5-7-17(14-16)24-22(29)23-12-11-21(28)26(23)18-8-1-2-9-19(18)30-23/h1-2,5-9,14H,3-4,10-13,15H2,(H,24,29). The minimum absolute atomic E-state index is 0.0139. The van der Waals surface area contributed by atoms with E-state index >= 15 is 0 Å². The van der Waals surface area contributed by atoms with Gasteiger partial charge in [0.15, 0.2) is 4.87 Å². The number of carbonyl (C=O) groups excluding carboxylic acids is 3. The Labute approximate surface area is 179 Å². The zero-order chi connectivity index (χ0) is 20.7. The van der Waals surface area contributed by atoms with Gasteiger partial charge < -0.3 is 10.2 Å². The van der Waals surface area contributed by atoms with Gasteiger partial charge in [-0.05, 0) is 49.1 Å². The van der Waals surface area contributed by atoms with E-state index in [0.29, 0.717) is 31.5 Å². The molecule has 7 heteroatoms. The summed E-state index contributed by atoms with van der Waals surface area (Å²) in [6, 6.07) is 15.3. The third-order valence-corrected chi connectivity index (χ3v) is 7.48. The molecule has 2 saturated heterocycles. The molecule has 1 unspecified atom stereocenters. The number of nitrogens with one attached hydrogen (secondary N) is 1. The summed E-state index contributed by atoms with van der Waals surface area (Å²) in [5.74, 6) is -0.00415. The quantitative estimate of drug-likeness (QED) is 0.816. The van der Waals surface area contributed by atoms with Crippen molar-refractivity contribution in [2.45, 2.75) is 48.4 Å². The van der Waals surface area contributed by atoms with Crippen LogP contribution in [-0.4, -0.2) is 34.0 Å². The summed E-state index contributed by atoms with van der Waals surface area (Å²) >= 11 is 1.46. The third-order valence-electron chi connectivity index (χ3n) is 6.01. The molecule has 3 aliphatic rings. The Bertz CT molecular complexity index is 1040. The monoisotopic (exact) mass is 421 g/mol. The van der Waals surface area contributed by atoms with Gasteiger partial charge in [-0.2, -0.15) is 0 Å². The number of carbonyl (C=O) groups is 3. The van der Waals surface area contributed by atoms with Gasteiger partial charge in [-0.1, -0.05) is 36.0 Å². The molecule has 3 amide bonds. The molecule has 1 atom stereocenters. The van der Waals surface area contributed by atoms with Crippen LogP contribution in [-0.2, 0) is 20.9 Å². The number of piperidine rings is 1. The van der Waals surface area contributed by atoms with Crippen LogP contribution < -0.4 is 10.2 Å². The van der Waals surface area contributed by atoms with Crippen molar-refractivity contribution in [1.82, 2.24) is 4.90 Å². The summed E-state index contributed by atoms with van der Waals surface area (Å²) in [6.07, 6.45) is 3.46. The summed E-state index contributed by atoms with van der Waals surface area (Å²) in [7, 11) is 0. The van der Waals surface area contributed by atoms with E-state index in [-0.39, 0.29) is 17.7 Å². The van der Waals surface area contributed by atoms with Gasteiger partial charge in [0.05, 0.1) is 5.69 Å². The second-order valence-electron chi connectivity index (χ2n) is 8.01. The van der Waals surface area contributed by atoms with Crippen molar-refractivity contribution in [3.05, 3.63) is 54.1 Å². The minimum Gasteiger partial charge on any atom is -0.338 e. The topological polar surface area (TPSA) is 69.7 Å². The lowest BCUT2D eigenvalue weighted by atomic mass is 10.1. The van der Waals surface area contributed by atoms with Gasteiger partial charge in [0.2, 0.25) is 11.8 Å². The molecule has 0 bridgehead atoms. The molecule has 2 aromatic carbocycles. The lowest BCUT2D eigenvalue weighted by Crippen LogP contribution is -2.49. The van der Waals surface area contributed by atoms with Gasteiger partial charge in [0.1, 0.15) is 0 Å². The molecule has 6 nitrogen and oxygen atoms in total. The summed E-state index contributed by atoms with van der Waals surface area (Å²) in [6.45, 7) is 1.34. The number of fused-ring (bicyclic) bond motifs is 3. The minimum atomic E-state index is -0.931. The van der Waals surface area contributed by atoms with Gasteiger partial charge in [0, 0.05) is 36.5 Å². The summed E-state index contributed by atoms with van der Waals surface area (Å²) in [5, 5.41) is 3.03. The number of para-hydroxylation sites is 1. The van der Waals surface area contributed by atoms with Crippen LogP contribution in [0.2, 0.25) is 0 Å². The largest absolute Gasteiger partial charge is 0.338 e. The lowest BCUT2D eigenvalue weighted by molar-refractivity contribution is -0.133. The van der Waals surface area contributed by atoms with Crippen molar-refractivity contribution in [3.8, 4) is 0 Å². The maximum Gasteiger partial charge on any atom is 0.261 e. The average Bonchev–Trinajstić information content (AvgIpc) is 3.26. The van der Waals surface area contributed by atoms with Crippen LogP contribution in [0, 0.1) is 0 Å². The van der Waals surface area contributed by atoms with Crippen molar-refractivity contribution >= 4 is 40.9 Å². The highest BCUT2D eigenvalue weighted by Gasteiger charge is 2.57. The van der Waals surface area contributed by atoms with Gasteiger partial charge in [-0.25, -0.2) is 0 Å². The smallest absolute Gasteiger partial charge is 0.261 e. The molecule has 1 N–H and O–H groups in total. The molecule has 5 rings (SSSR count). The van der Waals surface area contributed by atoms with Crippen LogP contribution in [0.4, 0.5) is 11.4 Å². The highest BCUT2D eigenvalue weighted by Crippen LogP contribution is 2.56. The Hall–Kier alpha value is -2.80. The maximum atomic E-state index is 13.4. The van der Waals surface area contributed by atoms with E-state index < -0.39 is 4.87 Å². The van der Waals surface area contributed by atoms with Crippen LogP contribution >= 0.6 is 11.8 Å². The Morgan fingerprint density at radius 2 is 1.90 bits per heavy atom. The van der Waals surface area contributed by atoms with E-state index in [2.05, 4.69) is 5.32 Å². The number of thioether (sulfide) groups is 1. The Morgan fingerprint density at radius 3 is 2.77 bits per heavy atom. The number of amides is 3. The average molecular weight is 422 g/mol. The van der Waals surface area contributed by atoms with Crippen LogP contribution in [0.15, 0.2) is 53.4 Å². The molecule has 0 radical (unpaired) electrons. The van der Waals surface area contributed by atoms with Crippen molar-refractivity contribution in [2.24, 2.45) is 0 Å². The normalized spacial score (nSPS) is 22.8. The first-order valence-electron chi connectivity index (χ1n) is 10.4. The maximum absolute atomic E-state index is 13.4. The number of hydrogen-bond acceptors (Lipinski definition) is 4. The van der Waals surface area contributed by atoms with E-state index in [1.807, 2.05) is 53.4 Å². The zero-order valence-electron chi connectivity index (χ0n) is 16.6. The van der Waals surface area contributed by atoms with Crippen molar-refractivity contribution < 1.29 is 14.4 Å². The molecule has 2 fully saturated rings. The molecule has 3 heterocycles. The fourth-order valence-corrected chi connectivity index (χ4v) is 5.94. The highest BCUT2D eigenvalue weighted by atomic mass is 32.2. The first-order valence-corrected chi connectivity index (χ1v) is 11.2. The van der Waals surface area contributed by atoms with Gasteiger partial charge in [-0.3, -0.25) is 19.3 Å². The summed E-state index contributed by atoms with van der Waals surface area (Å²) in [4.78, 5) is 41.7. The first-order chi connectivity index (χ1) is 14.6. The number of anilines is 2. The second kappa shape index (κ2) is 7.47.